The van der Waals surface area contributed by atoms with Gasteiger partial charge in [-0.3, -0.25) is 4.90 Å². The van der Waals surface area contributed by atoms with Gasteiger partial charge in [-0.15, -0.1) is 0 Å². The first kappa shape index (κ1) is 15.7. The fraction of sp³-hybridized carbons (Fsp3) is 0.625. The number of morpholine rings is 1. The minimum Gasteiger partial charge on any atom is -0.382 e. The Morgan fingerprint density at radius 1 is 1.38 bits per heavy atom. The summed E-state index contributed by atoms with van der Waals surface area (Å²) in [5.74, 6) is 0. The maximum atomic E-state index is 8.76. The summed E-state index contributed by atoms with van der Waals surface area (Å²) < 4.78 is 5.80. The lowest BCUT2D eigenvalue weighted by Crippen LogP contribution is -2.57. The Hall–Kier alpha value is -1.64. The van der Waals surface area contributed by atoms with Crippen LogP contribution in [0.1, 0.15) is 33.4 Å². The molecule has 2 atom stereocenters. The van der Waals surface area contributed by atoms with E-state index in [1.807, 2.05) is 12.1 Å². The quantitative estimate of drug-likeness (QED) is 0.920. The molecular weight excluding hydrogens is 264 g/mol. The zero-order valence-corrected chi connectivity index (χ0v) is 13.3. The number of aromatic nitrogens is 1. The van der Waals surface area contributed by atoms with E-state index in [2.05, 4.69) is 42.9 Å². The van der Waals surface area contributed by atoms with E-state index < -0.39 is 0 Å². The molecule has 0 bridgehead atoms. The number of nitrogens with zero attached hydrogens (tertiary/aromatic N) is 3. The normalized spacial score (nSPS) is 23.6. The molecule has 2 heterocycles. The van der Waals surface area contributed by atoms with Crippen molar-refractivity contribution in [2.45, 2.75) is 45.4 Å². The van der Waals surface area contributed by atoms with Crippen molar-refractivity contribution in [3.8, 4) is 6.07 Å². The van der Waals surface area contributed by atoms with Crippen LogP contribution in [0.4, 0.5) is 5.69 Å². The van der Waals surface area contributed by atoms with Gasteiger partial charge in [-0.1, -0.05) is 0 Å². The highest BCUT2D eigenvalue weighted by Gasteiger charge is 2.32. The van der Waals surface area contributed by atoms with Crippen molar-refractivity contribution in [2.24, 2.45) is 0 Å². The molecule has 0 amide bonds. The zero-order valence-electron chi connectivity index (χ0n) is 13.3. The molecule has 0 radical (unpaired) electrons. The Balaban J connectivity index is 1.95. The Labute approximate surface area is 126 Å². The van der Waals surface area contributed by atoms with Crippen LogP contribution < -0.4 is 5.32 Å². The topological polar surface area (TPSA) is 61.2 Å². The number of nitriles is 1. The number of hydrogen-bond acceptors (Lipinski definition) is 5. The van der Waals surface area contributed by atoms with Crippen molar-refractivity contribution < 1.29 is 4.74 Å². The fourth-order valence-electron chi connectivity index (χ4n) is 2.67. The highest BCUT2D eigenvalue weighted by Crippen LogP contribution is 2.22. The van der Waals surface area contributed by atoms with Crippen molar-refractivity contribution in [3.63, 3.8) is 0 Å². The van der Waals surface area contributed by atoms with Crippen LogP contribution in [-0.2, 0) is 4.74 Å². The average Bonchev–Trinajstić information content (AvgIpc) is 2.45. The van der Waals surface area contributed by atoms with E-state index in [1.165, 1.54) is 0 Å². The lowest BCUT2D eigenvalue weighted by atomic mass is 10.00. The van der Waals surface area contributed by atoms with Gasteiger partial charge in [-0.05, 0) is 39.8 Å². The van der Waals surface area contributed by atoms with Gasteiger partial charge in [0.1, 0.15) is 11.8 Å². The largest absolute Gasteiger partial charge is 0.382 e. The molecule has 2 rings (SSSR count). The number of rotatable bonds is 4. The molecule has 5 nitrogen and oxygen atoms in total. The summed E-state index contributed by atoms with van der Waals surface area (Å²) in [6, 6.07) is 5.65. The van der Waals surface area contributed by atoms with Gasteiger partial charge < -0.3 is 10.1 Å². The summed E-state index contributed by atoms with van der Waals surface area (Å²) >= 11 is 0. The smallest absolute Gasteiger partial charge is 0.140 e. The maximum Gasteiger partial charge on any atom is 0.140 e. The molecule has 0 saturated carbocycles. The second-order valence-electron chi connectivity index (χ2n) is 6.37. The van der Waals surface area contributed by atoms with Crippen molar-refractivity contribution in [2.75, 3.05) is 25.0 Å². The number of nitrogens with one attached hydrogen (secondary N) is 1. The molecule has 0 spiro atoms. The van der Waals surface area contributed by atoms with E-state index in [0.29, 0.717) is 5.69 Å². The van der Waals surface area contributed by atoms with Crippen molar-refractivity contribution in [1.29, 1.82) is 5.26 Å². The van der Waals surface area contributed by atoms with Crippen molar-refractivity contribution >= 4 is 5.69 Å². The summed E-state index contributed by atoms with van der Waals surface area (Å²) in [6.45, 7) is 11.4. The molecule has 1 aliphatic heterocycles. The molecule has 5 heteroatoms. The minimum absolute atomic E-state index is 0.0280. The number of hydrogen-bond donors (Lipinski definition) is 1. The van der Waals surface area contributed by atoms with E-state index in [9.17, 15) is 0 Å². The summed E-state index contributed by atoms with van der Waals surface area (Å²) in [5.41, 5.74) is 1.41. The molecule has 1 aliphatic rings. The summed E-state index contributed by atoms with van der Waals surface area (Å²) in [4.78, 5) is 6.55. The maximum absolute atomic E-state index is 8.76. The predicted octanol–water partition coefficient (Wildman–Crippen LogP) is 2.25. The molecule has 114 valence electrons. The van der Waals surface area contributed by atoms with Crippen molar-refractivity contribution in [1.82, 2.24) is 9.88 Å². The molecule has 1 N–H and O–H groups in total. The summed E-state index contributed by atoms with van der Waals surface area (Å²) in [6.07, 6.45) is 2.24. The van der Waals surface area contributed by atoms with Gasteiger partial charge in [0.15, 0.2) is 0 Å². The molecular formula is C16H24N4O. The van der Waals surface area contributed by atoms with Crippen LogP contribution >= 0.6 is 0 Å². The molecule has 1 aromatic heterocycles. The third-order valence-corrected chi connectivity index (χ3v) is 3.88. The summed E-state index contributed by atoms with van der Waals surface area (Å²) in [5, 5.41) is 12.2. The minimum atomic E-state index is 0.0280. The number of anilines is 1. The van der Waals surface area contributed by atoms with Gasteiger partial charge in [-0.2, -0.15) is 5.26 Å². The standard InChI is InChI=1S/C16H24N4O/c1-12-9-20(10-13(2)21-12)16(3,4)11-19-15-6-5-14(7-17)18-8-15/h5-6,8,12-13,19H,9-11H2,1-4H3. The zero-order chi connectivity index (χ0) is 15.5. The lowest BCUT2D eigenvalue weighted by Gasteiger charge is -2.45. The Bertz CT molecular complexity index is 496. The van der Waals surface area contributed by atoms with E-state index in [0.717, 1.165) is 25.3 Å². The third-order valence-electron chi connectivity index (χ3n) is 3.88. The van der Waals surface area contributed by atoms with E-state index in [-0.39, 0.29) is 17.7 Å². The lowest BCUT2D eigenvalue weighted by molar-refractivity contribution is -0.0933. The van der Waals surface area contributed by atoms with Crippen LogP contribution in [0.25, 0.3) is 0 Å². The molecule has 21 heavy (non-hydrogen) atoms. The SMILES string of the molecule is CC1CN(C(C)(C)CNc2ccc(C#N)nc2)CC(C)O1. The van der Waals surface area contributed by atoms with Crippen LogP contribution in [0.15, 0.2) is 18.3 Å². The Morgan fingerprint density at radius 3 is 2.57 bits per heavy atom. The molecule has 0 aromatic carbocycles. The third kappa shape index (κ3) is 4.16. The Kier molecular flexibility index (Phi) is 4.81. The average molecular weight is 288 g/mol. The monoisotopic (exact) mass is 288 g/mol. The highest BCUT2D eigenvalue weighted by atomic mass is 16.5. The van der Waals surface area contributed by atoms with E-state index >= 15 is 0 Å². The molecule has 1 fully saturated rings. The number of pyridine rings is 1. The van der Waals surface area contributed by atoms with Crippen LogP contribution in [0.5, 0.6) is 0 Å². The first-order valence-corrected chi connectivity index (χ1v) is 7.41. The van der Waals surface area contributed by atoms with E-state index in [4.69, 9.17) is 10.00 Å². The van der Waals surface area contributed by atoms with Crippen LogP contribution in [0, 0.1) is 11.3 Å². The molecule has 0 aliphatic carbocycles. The predicted molar refractivity (Wildman–Crippen MR) is 83.1 cm³/mol. The van der Waals surface area contributed by atoms with E-state index in [1.54, 1.807) is 12.3 Å². The van der Waals surface area contributed by atoms with Gasteiger partial charge in [-0.25, -0.2) is 4.98 Å². The van der Waals surface area contributed by atoms with Gasteiger partial charge in [0.05, 0.1) is 24.1 Å². The highest BCUT2D eigenvalue weighted by molar-refractivity contribution is 5.43. The number of ether oxygens (including phenoxy) is 1. The van der Waals surface area contributed by atoms with Gasteiger partial charge in [0.2, 0.25) is 0 Å². The second-order valence-corrected chi connectivity index (χ2v) is 6.37. The fourth-order valence-corrected chi connectivity index (χ4v) is 2.67. The van der Waals surface area contributed by atoms with Gasteiger partial charge in [0.25, 0.3) is 0 Å². The molecule has 1 saturated heterocycles. The van der Waals surface area contributed by atoms with Gasteiger partial charge >= 0.3 is 0 Å². The summed E-state index contributed by atoms with van der Waals surface area (Å²) in [7, 11) is 0. The van der Waals surface area contributed by atoms with Gasteiger partial charge in [0, 0.05) is 25.2 Å². The van der Waals surface area contributed by atoms with Crippen LogP contribution in [-0.4, -0.2) is 47.3 Å². The first-order valence-electron chi connectivity index (χ1n) is 7.41. The Morgan fingerprint density at radius 2 is 2.05 bits per heavy atom. The van der Waals surface area contributed by atoms with Crippen LogP contribution in [0.2, 0.25) is 0 Å². The molecule has 2 unspecified atom stereocenters. The first-order chi connectivity index (χ1) is 9.90. The second kappa shape index (κ2) is 6.42. The molecule has 1 aromatic rings. The van der Waals surface area contributed by atoms with Crippen molar-refractivity contribution in [3.05, 3.63) is 24.0 Å². The van der Waals surface area contributed by atoms with Crippen LogP contribution in [0.3, 0.4) is 0 Å².